The molecular formula is C13H23NS. The van der Waals surface area contributed by atoms with E-state index in [1.807, 2.05) is 11.3 Å². The highest BCUT2D eigenvalue weighted by atomic mass is 32.1. The second kappa shape index (κ2) is 7.02. The summed E-state index contributed by atoms with van der Waals surface area (Å²) in [7, 11) is 0. The van der Waals surface area contributed by atoms with Gasteiger partial charge in [-0.05, 0) is 43.2 Å². The Morgan fingerprint density at radius 3 is 2.67 bits per heavy atom. The molecule has 1 rings (SSSR count). The van der Waals surface area contributed by atoms with Crippen LogP contribution in [0.3, 0.4) is 0 Å². The van der Waals surface area contributed by atoms with Crippen molar-refractivity contribution in [2.45, 2.75) is 46.1 Å². The minimum absolute atomic E-state index is 0.663. The summed E-state index contributed by atoms with van der Waals surface area (Å²) >= 11 is 1.87. The quantitative estimate of drug-likeness (QED) is 0.746. The SMILES string of the molecule is CCNC(CCC(C)C)Cc1cccs1. The molecule has 2 heteroatoms. The molecule has 0 bridgehead atoms. The zero-order valence-electron chi connectivity index (χ0n) is 10.1. The van der Waals surface area contributed by atoms with Crippen LogP contribution in [0.5, 0.6) is 0 Å². The van der Waals surface area contributed by atoms with Crippen LogP contribution < -0.4 is 5.32 Å². The third kappa shape index (κ3) is 5.33. The van der Waals surface area contributed by atoms with Crippen LogP contribution in [0.2, 0.25) is 0 Å². The molecule has 1 heterocycles. The molecule has 0 radical (unpaired) electrons. The van der Waals surface area contributed by atoms with Gasteiger partial charge in [0.05, 0.1) is 0 Å². The first-order chi connectivity index (χ1) is 7.22. The predicted molar refractivity (Wildman–Crippen MR) is 69.6 cm³/mol. The summed E-state index contributed by atoms with van der Waals surface area (Å²) in [5.41, 5.74) is 0. The van der Waals surface area contributed by atoms with E-state index < -0.39 is 0 Å². The van der Waals surface area contributed by atoms with Crippen molar-refractivity contribution in [3.63, 3.8) is 0 Å². The van der Waals surface area contributed by atoms with E-state index in [1.54, 1.807) is 0 Å². The molecular weight excluding hydrogens is 202 g/mol. The van der Waals surface area contributed by atoms with E-state index >= 15 is 0 Å². The lowest BCUT2D eigenvalue weighted by Crippen LogP contribution is -2.31. The van der Waals surface area contributed by atoms with Crippen LogP contribution in [-0.2, 0) is 6.42 Å². The van der Waals surface area contributed by atoms with Gasteiger partial charge in [0.25, 0.3) is 0 Å². The van der Waals surface area contributed by atoms with E-state index in [1.165, 1.54) is 24.1 Å². The molecule has 1 aromatic heterocycles. The molecule has 0 saturated carbocycles. The molecule has 0 fully saturated rings. The highest BCUT2D eigenvalue weighted by molar-refractivity contribution is 7.09. The van der Waals surface area contributed by atoms with Crippen molar-refractivity contribution in [2.75, 3.05) is 6.54 Å². The maximum Gasteiger partial charge on any atom is 0.0115 e. The van der Waals surface area contributed by atoms with Gasteiger partial charge in [0, 0.05) is 10.9 Å². The Morgan fingerprint density at radius 1 is 1.33 bits per heavy atom. The summed E-state index contributed by atoms with van der Waals surface area (Å²) in [4.78, 5) is 1.50. The first kappa shape index (κ1) is 12.7. The predicted octanol–water partition coefficient (Wildman–Crippen LogP) is 3.70. The maximum atomic E-state index is 3.58. The summed E-state index contributed by atoms with van der Waals surface area (Å²) in [5.74, 6) is 0.814. The summed E-state index contributed by atoms with van der Waals surface area (Å²) < 4.78 is 0. The van der Waals surface area contributed by atoms with Crippen LogP contribution in [0.4, 0.5) is 0 Å². The van der Waals surface area contributed by atoms with E-state index in [4.69, 9.17) is 0 Å². The molecule has 86 valence electrons. The van der Waals surface area contributed by atoms with Crippen molar-refractivity contribution in [1.82, 2.24) is 5.32 Å². The smallest absolute Gasteiger partial charge is 0.0115 e. The monoisotopic (exact) mass is 225 g/mol. The van der Waals surface area contributed by atoms with Crippen LogP contribution >= 0.6 is 11.3 Å². The number of likely N-dealkylation sites (N-methyl/N-ethyl adjacent to an activating group) is 1. The Balaban J connectivity index is 2.36. The van der Waals surface area contributed by atoms with Crippen molar-refractivity contribution >= 4 is 11.3 Å². The molecule has 0 amide bonds. The zero-order valence-corrected chi connectivity index (χ0v) is 10.9. The normalized spacial score (nSPS) is 13.3. The van der Waals surface area contributed by atoms with Crippen LogP contribution in [-0.4, -0.2) is 12.6 Å². The molecule has 15 heavy (non-hydrogen) atoms. The lowest BCUT2D eigenvalue weighted by Gasteiger charge is -2.18. The van der Waals surface area contributed by atoms with Gasteiger partial charge in [-0.15, -0.1) is 11.3 Å². The third-order valence-electron chi connectivity index (χ3n) is 2.61. The highest BCUT2D eigenvalue weighted by Crippen LogP contribution is 2.15. The fourth-order valence-corrected chi connectivity index (χ4v) is 2.56. The van der Waals surface area contributed by atoms with Crippen molar-refractivity contribution in [1.29, 1.82) is 0 Å². The number of rotatable bonds is 7. The van der Waals surface area contributed by atoms with Crippen molar-refractivity contribution in [2.24, 2.45) is 5.92 Å². The Bertz CT molecular complexity index is 241. The van der Waals surface area contributed by atoms with Gasteiger partial charge in [-0.3, -0.25) is 0 Å². The minimum Gasteiger partial charge on any atom is -0.314 e. The lowest BCUT2D eigenvalue weighted by atomic mass is 10.0. The van der Waals surface area contributed by atoms with E-state index in [0.717, 1.165) is 12.5 Å². The number of thiophene rings is 1. The van der Waals surface area contributed by atoms with Crippen molar-refractivity contribution < 1.29 is 0 Å². The standard InChI is InChI=1S/C13H23NS/c1-4-14-12(8-7-11(2)3)10-13-6-5-9-15-13/h5-6,9,11-12,14H,4,7-8,10H2,1-3H3. The highest BCUT2D eigenvalue weighted by Gasteiger charge is 2.09. The molecule has 1 unspecified atom stereocenters. The second-order valence-electron chi connectivity index (χ2n) is 4.51. The van der Waals surface area contributed by atoms with Crippen LogP contribution in [0, 0.1) is 5.92 Å². The molecule has 0 aromatic carbocycles. The summed E-state index contributed by atoms with van der Waals surface area (Å²) in [6, 6.07) is 5.05. The third-order valence-corrected chi connectivity index (χ3v) is 3.51. The number of nitrogens with one attached hydrogen (secondary N) is 1. The average Bonchev–Trinajstić information content (AvgIpc) is 2.67. The van der Waals surface area contributed by atoms with E-state index in [2.05, 4.69) is 43.6 Å². The Labute approximate surface area is 97.9 Å². The van der Waals surface area contributed by atoms with Gasteiger partial charge >= 0.3 is 0 Å². The molecule has 1 nitrogen and oxygen atoms in total. The second-order valence-corrected chi connectivity index (χ2v) is 5.54. The van der Waals surface area contributed by atoms with Gasteiger partial charge in [-0.25, -0.2) is 0 Å². The maximum absolute atomic E-state index is 3.58. The molecule has 1 atom stereocenters. The molecule has 0 aliphatic heterocycles. The number of hydrogen-bond donors (Lipinski definition) is 1. The summed E-state index contributed by atoms with van der Waals surface area (Å²) in [6.45, 7) is 7.87. The van der Waals surface area contributed by atoms with E-state index in [9.17, 15) is 0 Å². The molecule has 0 aliphatic carbocycles. The number of hydrogen-bond acceptors (Lipinski definition) is 2. The molecule has 0 saturated heterocycles. The van der Waals surface area contributed by atoms with E-state index in [0.29, 0.717) is 6.04 Å². The van der Waals surface area contributed by atoms with Crippen LogP contribution in [0.15, 0.2) is 17.5 Å². The largest absolute Gasteiger partial charge is 0.314 e. The molecule has 0 spiro atoms. The fourth-order valence-electron chi connectivity index (χ4n) is 1.77. The van der Waals surface area contributed by atoms with E-state index in [-0.39, 0.29) is 0 Å². The molecule has 0 aliphatic rings. The molecule has 1 aromatic rings. The van der Waals surface area contributed by atoms with Gasteiger partial charge < -0.3 is 5.32 Å². The summed E-state index contributed by atoms with van der Waals surface area (Å²) in [5, 5.41) is 5.75. The van der Waals surface area contributed by atoms with Crippen LogP contribution in [0.1, 0.15) is 38.5 Å². The lowest BCUT2D eigenvalue weighted by molar-refractivity contribution is 0.436. The first-order valence-electron chi connectivity index (χ1n) is 5.98. The van der Waals surface area contributed by atoms with Gasteiger partial charge in [0.1, 0.15) is 0 Å². The Morgan fingerprint density at radius 2 is 2.13 bits per heavy atom. The van der Waals surface area contributed by atoms with Gasteiger partial charge in [-0.1, -0.05) is 26.8 Å². The fraction of sp³-hybridized carbons (Fsp3) is 0.692. The van der Waals surface area contributed by atoms with Crippen molar-refractivity contribution in [3.8, 4) is 0 Å². The van der Waals surface area contributed by atoms with Crippen LogP contribution in [0.25, 0.3) is 0 Å². The topological polar surface area (TPSA) is 12.0 Å². The Hall–Kier alpha value is -0.340. The average molecular weight is 225 g/mol. The summed E-state index contributed by atoms with van der Waals surface area (Å²) in [6.07, 6.45) is 3.81. The molecule has 1 N–H and O–H groups in total. The Kier molecular flexibility index (Phi) is 5.96. The zero-order chi connectivity index (χ0) is 11.1. The van der Waals surface area contributed by atoms with Gasteiger partial charge in [0.15, 0.2) is 0 Å². The van der Waals surface area contributed by atoms with Gasteiger partial charge in [0.2, 0.25) is 0 Å². The first-order valence-corrected chi connectivity index (χ1v) is 6.86. The van der Waals surface area contributed by atoms with Gasteiger partial charge in [-0.2, -0.15) is 0 Å². The van der Waals surface area contributed by atoms with Crippen molar-refractivity contribution in [3.05, 3.63) is 22.4 Å². The minimum atomic E-state index is 0.663.